The van der Waals surface area contributed by atoms with Crippen molar-refractivity contribution >= 4 is 0 Å². The fourth-order valence-corrected chi connectivity index (χ4v) is 0.980. The summed E-state index contributed by atoms with van der Waals surface area (Å²) >= 11 is 0. The summed E-state index contributed by atoms with van der Waals surface area (Å²) < 4.78 is 0. The van der Waals surface area contributed by atoms with Crippen molar-refractivity contribution in [3.63, 3.8) is 0 Å². The minimum atomic E-state index is 0.672. The Balaban J connectivity index is 2.59. The first-order chi connectivity index (χ1) is 6.86. The molecule has 0 atom stereocenters. The largest absolute Gasteiger partial charge is 0.319 e. The van der Waals surface area contributed by atoms with Crippen molar-refractivity contribution in [1.82, 2.24) is 5.32 Å². The zero-order chi connectivity index (χ0) is 10.2. The minimum absolute atomic E-state index is 0.672. The monoisotopic (exact) mass is 184 g/mol. The number of rotatable bonds is 2. The molecule has 0 saturated carbocycles. The van der Waals surface area contributed by atoms with Gasteiger partial charge >= 0.3 is 0 Å². The van der Waals surface area contributed by atoms with E-state index >= 15 is 0 Å². The molecule has 0 spiro atoms. The Morgan fingerprint density at radius 2 is 1.86 bits per heavy atom. The van der Waals surface area contributed by atoms with Gasteiger partial charge in [-0.25, -0.2) is 0 Å². The van der Waals surface area contributed by atoms with E-state index in [4.69, 9.17) is 5.26 Å². The Morgan fingerprint density at radius 1 is 1.21 bits per heavy atom. The molecule has 14 heavy (non-hydrogen) atoms. The standard InChI is InChI=1S/C12H12N2/c1-14-9-3-2-4-11-5-7-12(10-13)8-6-11/h5-8,14H,3,9H2,1H3. The predicted molar refractivity (Wildman–Crippen MR) is 56.6 cm³/mol. The van der Waals surface area contributed by atoms with Gasteiger partial charge in [-0.05, 0) is 31.3 Å². The van der Waals surface area contributed by atoms with Gasteiger partial charge < -0.3 is 5.32 Å². The lowest BCUT2D eigenvalue weighted by Gasteiger charge is -1.90. The maximum atomic E-state index is 8.58. The Morgan fingerprint density at radius 3 is 2.43 bits per heavy atom. The minimum Gasteiger partial charge on any atom is -0.319 e. The van der Waals surface area contributed by atoms with Crippen LogP contribution < -0.4 is 5.32 Å². The molecule has 1 rings (SSSR count). The van der Waals surface area contributed by atoms with E-state index in [0.29, 0.717) is 5.56 Å². The molecular weight excluding hydrogens is 172 g/mol. The van der Waals surface area contributed by atoms with Crippen LogP contribution in [0.4, 0.5) is 0 Å². The fourth-order valence-electron chi connectivity index (χ4n) is 0.980. The Kier molecular flexibility index (Phi) is 4.27. The lowest BCUT2D eigenvalue weighted by molar-refractivity contribution is 0.818. The molecule has 0 aliphatic rings. The summed E-state index contributed by atoms with van der Waals surface area (Å²) in [4.78, 5) is 0. The third-order valence-corrected chi connectivity index (χ3v) is 1.75. The van der Waals surface area contributed by atoms with Crippen LogP contribution in [0.5, 0.6) is 0 Å². The van der Waals surface area contributed by atoms with Gasteiger partial charge in [-0.2, -0.15) is 5.26 Å². The Hall–Kier alpha value is -1.77. The molecule has 0 radical (unpaired) electrons. The van der Waals surface area contributed by atoms with E-state index in [0.717, 1.165) is 18.5 Å². The van der Waals surface area contributed by atoms with E-state index in [1.807, 2.05) is 19.2 Å². The van der Waals surface area contributed by atoms with E-state index < -0.39 is 0 Å². The van der Waals surface area contributed by atoms with Crippen molar-refractivity contribution in [3.05, 3.63) is 35.4 Å². The number of hydrogen-bond acceptors (Lipinski definition) is 2. The zero-order valence-corrected chi connectivity index (χ0v) is 8.17. The predicted octanol–water partition coefficient (Wildman–Crippen LogP) is 1.52. The highest BCUT2D eigenvalue weighted by molar-refractivity contribution is 5.39. The molecule has 0 bridgehead atoms. The van der Waals surface area contributed by atoms with Crippen LogP contribution in [0, 0.1) is 23.2 Å². The van der Waals surface area contributed by atoms with Crippen LogP contribution >= 0.6 is 0 Å². The summed E-state index contributed by atoms with van der Waals surface area (Å²) in [5, 5.41) is 11.6. The number of hydrogen-bond donors (Lipinski definition) is 1. The summed E-state index contributed by atoms with van der Waals surface area (Å²) in [5.74, 6) is 6.08. The van der Waals surface area contributed by atoms with Crippen molar-refractivity contribution in [2.24, 2.45) is 0 Å². The van der Waals surface area contributed by atoms with Gasteiger partial charge in [-0.3, -0.25) is 0 Å². The van der Waals surface area contributed by atoms with Gasteiger partial charge in [0.2, 0.25) is 0 Å². The third-order valence-electron chi connectivity index (χ3n) is 1.75. The first-order valence-corrected chi connectivity index (χ1v) is 4.50. The second kappa shape index (κ2) is 5.80. The molecule has 2 nitrogen and oxygen atoms in total. The number of benzene rings is 1. The van der Waals surface area contributed by atoms with Crippen molar-refractivity contribution in [3.8, 4) is 17.9 Å². The summed E-state index contributed by atoms with van der Waals surface area (Å²) in [6, 6.07) is 9.36. The second-order valence-corrected chi connectivity index (χ2v) is 2.84. The van der Waals surface area contributed by atoms with Crippen molar-refractivity contribution in [2.75, 3.05) is 13.6 Å². The molecule has 0 unspecified atom stereocenters. The summed E-state index contributed by atoms with van der Waals surface area (Å²) in [6.45, 7) is 0.906. The van der Waals surface area contributed by atoms with Crippen molar-refractivity contribution in [1.29, 1.82) is 5.26 Å². The average molecular weight is 184 g/mol. The lowest BCUT2D eigenvalue weighted by Crippen LogP contribution is -2.05. The van der Waals surface area contributed by atoms with Crippen LogP contribution in [0.15, 0.2) is 24.3 Å². The molecule has 0 aliphatic heterocycles. The zero-order valence-electron chi connectivity index (χ0n) is 8.17. The lowest BCUT2D eigenvalue weighted by atomic mass is 10.1. The van der Waals surface area contributed by atoms with Crippen LogP contribution in [0.25, 0.3) is 0 Å². The number of nitriles is 1. The molecule has 0 saturated heterocycles. The first kappa shape index (κ1) is 10.3. The van der Waals surface area contributed by atoms with Gasteiger partial charge in [0.05, 0.1) is 11.6 Å². The molecule has 0 amide bonds. The van der Waals surface area contributed by atoms with Crippen LogP contribution in [-0.2, 0) is 0 Å². The normalized spacial score (nSPS) is 8.57. The molecule has 1 aromatic carbocycles. The maximum absolute atomic E-state index is 8.58. The smallest absolute Gasteiger partial charge is 0.0991 e. The van der Waals surface area contributed by atoms with Crippen molar-refractivity contribution < 1.29 is 0 Å². The van der Waals surface area contributed by atoms with E-state index in [9.17, 15) is 0 Å². The van der Waals surface area contributed by atoms with E-state index in [2.05, 4.69) is 23.2 Å². The van der Waals surface area contributed by atoms with Gasteiger partial charge in [0.1, 0.15) is 0 Å². The van der Waals surface area contributed by atoms with E-state index in [1.165, 1.54) is 0 Å². The fraction of sp³-hybridized carbons (Fsp3) is 0.250. The number of nitrogens with zero attached hydrogens (tertiary/aromatic N) is 1. The van der Waals surface area contributed by atoms with Gasteiger partial charge in [0.15, 0.2) is 0 Å². The van der Waals surface area contributed by atoms with Gasteiger partial charge in [-0.15, -0.1) is 0 Å². The number of nitrogens with one attached hydrogen (secondary N) is 1. The quantitative estimate of drug-likeness (QED) is 0.558. The van der Waals surface area contributed by atoms with Gasteiger partial charge in [0.25, 0.3) is 0 Å². The van der Waals surface area contributed by atoms with Crippen molar-refractivity contribution in [2.45, 2.75) is 6.42 Å². The topological polar surface area (TPSA) is 35.8 Å². The molecule has 0 aliphatic carbocycles. The molecule has 0 heterocycles. The average Bonchev–Trinajstić information content (AvgIpc) is 2.25. The van der Waals surface area contributed by atoms with Gasteiger partial charge in [0, 0.05) is 18.5 Å². The maximum Gasteiger partial charge on any atom is 0.0991 e. The van der Waals surface area contributed by atoms with Crippen LogP contribution in [0.1, 0.15) is 17.5 Å². The van der Waals surface area contributed by atoms with Crippen LogP contribution in [0.2, 0.25) is 0 Å². The SMILES string of the molecule is CNCCC#Cc1ccc(C#N)cc1. The van der Waals surface area contributed by atoms with Crippen LogP contribution in [-0.4, -0.2) is 13.6 Å². The highest BCUT2D eigenvalue weighted by Gasteiger charge is 1.88. The molecule has 0 aromatic heterocycles. The highest BCUT2D eigenvalue weighted by atomic mass is 14.8. The van der Waals surface area contributed by atoms with E-state index in [1.54, 1.807) is 12.1 Å². The molecule has 2 heteroatoms. The molecule has 1 N–H and O–H groups in total. The summed E-state index contributed by atoms with van der Waals surface area (Å²) in [5.41, 5.74) is 1.63. The van der Waals surface area contributed by atoms with Crippen LogP contribution in [0.3, 0.4) is 0 Å². The highest BCUT2D eigenvalue weighted by Crippen LogP contribution is 2.01. The Labute approximate surface area is 84.6 Å². The second-order valence-electron chi connectivity index (χ2n) is 2.84. The molecular formula is C12H12N2. The first-order valence-electron chi connectivity index (χ1n) is 4.50. The Bertz CT molecular complexity index is 374. The molecule has 1 aromatic rings. The van der Waals surface area contributed by atoms with E-state index in [-0.39, 0.29) is 0 Å². The molecule has 0 fully saturated rings. The molecule has 70 valence electrons. The summed E-state index contributed by atoms with van der Waals surface area (Å²) in [6.07, 6.45) is 0.844. The summed E-state index contributed by atoms with van der Waals surface area (Å²) in [7, 11) is 1.91. The third kappa shape index (κ3) is 3.31. The van der Waals surface area contributed by atoms with Gasteiger partial charge in [-0.1, -0.05) is 11.8 Å².